The molecule has 98 valence electrons. The fourth-order valence-corrected chi connectivity index (χ4v) is 2.88. The average molecular weight is 268 g/mol. The highest BCUT2D eigenvalue weighted by Gasteiger charge is 2.26. The van der Waals surface area contributed by atoms with Crippen molar-refractivity contribution in [2.45, 2.75) is 36.8 Å². The van der Waals surface area contributed by atoms with Gasteiger partial charge in [-0.3, -0.25) is 0 Å². The molecule has 0 aliphatic carbocycles. The van der Waals surface area contributed by atoms with Crippen molar-refractivity contribution in [3.8, 4) is 0 Å². The first-order valence-electron chi connectivity index (χ1n) is 5.72. The molecule has 3 N–H and O–H groups in total. The summed E-state index contributed by atoms with van der Waals surface area (Å²) in [5.41, 5.74) is 6.78. The average Bonchev–Trinajstić information content (AvgIpc) is 2.73. The summed E-state index contributed by atoms with van der Waals surface area (Å²) in [6, 6.07) is 1.69. The Hall–Kier alpha value is -1.34. The van der Waals surface area contributed by atoms with Crippen LogP contribution in [0.1, 0.15) is 24.7 Å². The fourth-order valence-electron chi connectivity index (χ4n) is 1.78. The molecular formula is C11H16N4O2S. The maximum atomic E-state index is 8.67. The highest BCUT2D eigenvalue weighted by atomic mass is 32.2. The molecule has 6 nitrogen and oxygen atoms in total. The van der Waals surface area contributed by atoms with E-state index in [1.165, 1.54) is 0 Å². The van der Waals surface area contributed by atoms with Crippen molar-refractivity contribution in [2.24, 2.45) is 10.9 Å². The molecular weight excluding hydrogens is 252 g/mol. The van der Waals surface area contributed by atoms with Gasteiger partial charge in [0.2, 0.25) is 0 Å². The van der Waals surface area contributed by atoms with Gasteiger partial charge in [0.25, 0.3) is 0 Å². The number of nitrogens with two attached hydrogens (primary N) is 1. The Bertz CT molecular complexity index is 466. The lowest BCUT2D eigenvalue weighted by Gasteiger charge is -2.12. The van der Waals surface area contributed by atoms with Crippen molar-refractivity contribution < 1.29 is 9.94 Å². The quantitative estimate of drug-likeness (QED) is 0.281. The minimum Gasteiger partial charge on any atom is -0.409 e. The van der Waals surface area contributed by atoms with Crippen LogP contribution in [0.25, 0.3) is 0 Å². The standard InChI is InChI=1S/C11H16N4O2S/c1-6-5-8(10(12)15-16)14-11(13-6)18-9-3-4-17-7(9)2/h5,7,9,16H,3-4H2,1-2H3,(H2,12,15). The molecule has 1 aromatic rings. The molecule has 0 spiro atoms. The summed E-state index contributed by atoms with van der Waals surface area (Å²) < 4.78 is 5.50. The molecule has 1 fully saturated rings. The highest BCUT2D eigenvalue weighted by Crippen LogP contribution is 2.30. The molecule has 1 saturated heterocycles. The van der Waals surface area contributed by atoms with E-state index in [1.54, 1.807) is 17.8 Å². The lowest BCUT2D eigenvalue weighted by atomic mass is 10.3. The van der Waals surface area contributed by atoms with E-state index >= 15 is 0 Å². The third-order valence-electron chi connectivity index (χ3n) is 2.77. The van der Waals surface area contributed by atoms with Crippen LogP contribution in [0.15, 0.2) is 16.4 Å². The zero-order valence-electron chi connectivity index (χ0n) is 10.3. The summed E-state index contributed by atoms with van der Waals surface area (Å²) in [5, 5.41) is 12.6. The Morgan fingerprint density at radius 3 is 3.00 bits per heavy atom. The van der Waals surface area contributed by atoms with E-state index in [4.69, 9.17) is 15.7 Å². The zero-order valence-corrected chi connectivity index (χ0v) is 11.1. The van der Waals surface area contributed by atoms with E-state index in [-0.39, 0.29) is 11.9 Å². The van der Waals surface area contributed by atoms with Crippen molar-refractivity contribution in [1.29, 1.82) is 0 Å². The number of aryl methyl sites for hydroxylation is 1. The van der Waals surface area contributed by atoms with Crippen LogP contribution in [0, 0.1) is 6.92 Å². The number of rotatable bonds is 3. The largest absolute Gasteiger partial charge is 0.409 e. The number of thioether (sulfide) groups is 1. The van der Waals surface area contributed by atoms with Gasteiger partial charge in [0.05, 0.1) is 6.10 Å². The number of oxime groups is 1. The number of hydrogen-bond acceptors (Lipinski definition) is 6. The van der Waals surface area contributed by atoms with E-state index < -0.39 is 0 Å². The minimum atomic E-state index is -0.00179. The lowest BCUT2D eigenvalue weighted by Crippen LogP contribution is -2.18. The summed E-state index contributed by atoms with van der Waals surface area (Å²) in [7, 11) is 0. The van der Waals surface area contributed by atoms with Crippen molar-refractivity contribution in [2.75, 3.05) is 6.61 Å². The Kier molecular flexibility index (Phi) is 4.03. The topological polar surface area (TPSA) is 93.6 Å². The van der Waals surface area contributed by atoms with Gasteiger partial charge in [-0.15, -0.1) is 0 Å². The van der Waals surface area contributed by atoms with Crippen LogP contribution in [-0.2, 0) is 4.74 Å². The molecule has 2 rings (SSSR count). The lowest BCUT2D eigenvalue weighted by molar-refractivity contribution is 0.127. The van der Waals surface area contributed by atoms with Crippen LogP contribution in [0.2, 0.25) is 0 Å². The molecule has 7 heteroatoms. The monoisotopic (exact) mass is 268 g/mol. The molecule has 2 heterocycles. The van der Waals surface area contributed by atoms with Gasteiger partial charge in [-0.2, -0.15) is 0 Å². The van der Waals surface area contributed by atoms with Crippen LogP contribution >= 0.6 is 11.8 Å². The molecule has 0 amide bonds. The van der Waals surface area contributed by atoms with Gasteiger partial charge in [0.1, 0.15) is 5.69 Å². The Morgan fingerprint density at radius 1 is 1.61 bits per heavy atom. The first kappa shape index (κ1) is 13.1. The highest BCUT2D eigenvalue weighted by molar-refractivity contribution is 7.99. The summed E-state index contributed by atoms with van der Waals surface area (Å²) in [6.07, 6.45) is 1.19. The van der Waals surface area contributed by atoms with E-state index in [9.17, 15) is 0 Å². The third-order valence-corrected chi connectivity index (χ3v) is 4.08. The molecule has 1 aliphatic rings. The minimum absolute atomic E-state index is 0.00179. The van der Waals surface area contributed by atoms with E-state index in [1.807, 2.05) is 13.8 Å². The number of aromatic nitrogens is 2. The molecule has 1 aliphatic heterocycles. The Labute approximate surface area is 110 Å². The summed E-state index contributed by atoms with van der Waals surface area (Å²) >= 11 is 1.58. The molecule has 2 unspecified atom stereocenters. The number of ether oxygens (including phenoxy) is 1. The van der Waals surface area contributed by atoms with Crippen LogP contribution in [0.3, 0.4) is 0 Å². The maximum Gasteiger partial charge on any atom is 0.188 e. The molecule has 2 atom stereocenters. The third kappa shape index (κ3) is 2.91. The summed E-state index contributed by atoms with van der Waals surface area (Å²) in [4.78, 5) is 8.64. The first-order chi connectivity index (χ1) is 8.60. The Morgan fingerprint density at radius 2 is 2.39 bits per heavy atom. The van der Waals surface area contributed by atoms with E-state index in [2.05, 4.69) is 15.1 Å². The van der Waals surface area contributed by atoms with E-state index in [0.717, 1.165) is 18.7 Å². The van der Waals surface area contributed by atoms with Crippen molar-refractivity contribution in [3.05, 3.63) is 17.5 Å². The second-order valence-corrected chi connectivity index (χ2v) is 5.39. The van der Waals surface area contributed by atoms with Crippen LogP contribution in [-0.4, -0.2) is 39.0 Å². The molecule has 0 saturated carbocycles. The fraction of sp³-hybridized carbons (Fsp3) is 0.545. The van der Waals surface area contributed by atoms with Crippen molar-refractivity contribution in [3.63, 3.8) is 0 Å². The molecule has 18 heavy (non-hydrogen) atoms. The number of nitrogens with zero attached hydrogens (tertiary/aromatic N) is 3. The van der Waals surface area contributed by atoms with Gasteiger partial charge in [0.15, 0.2) is 11.0 Å². The number of hydrogen-bond donors (Lipinski definition) is 2. The molecule has 1 aromatic heterocycles. The predicted molar refractivity (Wildman–Crippen MR) is 69.0 cm³/mol. The number of amidine groups is 1. The van der Waals surface area contributed by atoms with Crippen LogP contribution < -0.4 is 5.73 Å². The van der Waals surface area contributed by atoms with E-state index in [0.29, 0.717) is 16.1 Å². The predicted octanol–water partition coefficient (Wildman–Crippen LogP) is 1.15. The molecule has 0 aromatic carbocycles. The summed E-state index contributed by atoms with van der Waals surface area (Å²) in [5.74, 6) is -0.00179. The van der Waals surface area contributed by atoms with Gasteiger partial charge in [0, 0.05) is 17.6 Å². The van der Waals surface area contributed by atoms with Gasteiger partial charge in [-0.05, 0) is 26.3 Å². The first-order valence-corrected chi connectivity index (χ1v) is 6.60. The second-order valence-electron chi connectivity index (χ2n) is 4.18. The second kappa shape index (κ2) is 5.53. The van der Waals surface area contributed by atoms with Gasteiger partial charge < -0.3 is 15.7 Å². The summed E-state index contributed by atoms with van der Waals surface area (Å²) in [6.45, 7) is 4.68. The maximum absolute atomic E-state index is 8.67. The van der Waals surface area contributed by atoms with Gasteiger partial charge in [-0.25, -0.2) is 9.97 Å². The van der Waals surface area contributed by atoms with Gasteiger partial charge >= 0.3 is 0 Å². The normalized spacial score (nSPS) is 24.4. The Balaban J connectivity index is 2.20. The van der Waals surface area contributed by atoms with Crippen LogP contribution in [0.5, 0.6) is 0 Å². The van der Waals surface area contributed by atoms with Crippen molar-refractivity contribution in [1.82, 2.24) is 9.97 Å². The zero-order chi connectivity index (χ0) is 13.1. The SMILES string of the molecule is Cc1cc(/C(N)=N/O)nc(SC2CCOC2C)n1. The smallest absolute Gasteiger partial charge is 0.188 e. The van der Waals surface area contributed by atoms with Crippen molar-refractivity contribution >= 4 is 17.6 Å². The van der Waals surface area contributed by atoms with Crippen LogP contribution in [0.4, 0.5) is 0 Å². The molecule has 0 bridgehead atoms. The molecule has 0 radical (unpaired) electrons. The van der Waals surface area contributed by atoms with Gasteiger partial charge in [-0.1, -0.05) is 16.9 Å².